The molecule has 0 amide bonds. The first-order valence-corrected chi connectivity index (χ1v) is 8.71. The van der Waals surface area contributed by atoms with Gasteiger partial charge in [0.1, 0.15) is 10.0 Å². The summed E-state index contributed by atoms with van der Waals surface area (Å²) in [7, 11) is 0. The lowest BCUT2D eigenvalue weighted by molar-refractivity contribution is -0.384. The molecule has 4 nitrogen and oxygen atoms in total. The van der Waals surface area contributed by atoms with E-state index in [1.165, 1.54) is 12.1 Å². The molecule has 130 valence electrons. The lowest BCUT2D eigenvalue weighted by Crippen LogP contribution is -1.89. The Hall–Kier alpha value is -2.47. The van der Waals surface area contributed by atoms with Gasteiger partial charge in [0.2, 0.25) is 0 Å². The molecule has 1 heterocycles. The highest BCUT2D eigenvalue weighted by atomic mass is 35.5. The number of thiazole rings is 1. The van der Waals surface area contributed by atoms with Crippen molar-refractivity contribution in [3.05, 3.63) is 80.3 Å². The molecule has 0 aliphatic carbocycles. The number of hydrogen-bond acceptors (Lipinski definition) is 4. The highest BCUT2D eigenvalue weighted by molar-refractivity contribution is 7.19. The van der Waals surface area contributed by atoms with Gasteiger partial charge in [-0.25, -0.2) is 4.98 Å². The van der Waals surface area contributed by atoms with Crippen LogP contribution in [0.5, 0.6) is 0 Å². The third-order valence-corrected chi connectivity index (χ3v) is 5.19. The Bertz CT molecular complexity index is 1150. The van der Waals surface area contributed by atoms with E-state index in [-0.39, 0.29) is 23.1 Å². The van der Waals surface area contributed by atoms with Crippen molar-refractivity contribution in [2.45, 2.75) is 0 Å². The van der Waals surface area contributed by atoms with Crippen LogP contribution < -0.4 is 0 Å². The first-order chi connectivity index (χ1) is 12.1. The number of aromatic nitrogens is 1. The molecule has 1 aromatic heterocycles. The van der Waals surface area contributed by atoms with Crippen LogP contribution in [0.15, 0.2) is 54.6 Å². The second kappa shape index (κ2) is 7.41. The van der Waals surface area contributed by atoms with Crippen LogP contribution in [-0.4, -0.2) is 9.91 Å². The van der Waals surface area contributed by atoms with E-state index in [1.54, 1.807) is 17.4 Å². The summed E-state index contributed by atoms with van der Waals surface area (Å²) >= 11 is 7.43. The fourth-order valence-electron chi connectivity index (χ4n) is 2.69. The molecule has 4 aromatic rings. The lowest BCUT2D eigenvalue weighted by Gasteiger charge is -1.97. The van der Waals surface area contributed by atoms with Crippen LogP contribution in [0.2, 0.25) is 5.02 Å². The van der Waals surface area contributed by atoms with Gasteiger partial charge in [0.15, 0.2) is 0 Å². The summed E-state index contributed by atoms with van der Waals surface area (Å²) in [4.78, 5) is 15.2. The average Bonchev–Trinajstić information content (AvgIpc) is 3.04. The van der Waals surface area contributed by atoms with Gasteiger partial charge in [-0.05, 0) is 29.2 Å². The number of hydrogen-bond donors (Lipinski definition) is 0. The molecule has 4 rings (SSSR count). The fourth-order valence-corrected chi connectivity index (χ4v) is 3.76. The molecule has 0 spiro atoms. The standard InChI is InChI=1S/C19H11ClN2O2S.ClH/c20-15-8-5-12(11-16(15)22(23)24)6-10-18-21-19-14-4-2-1-3-13(14)7-9-17(19)25-18;/h1-11H;1H/b10-6+;. The molecule has 3 aromatic carbocycles. The van der Waals surface area contributed by atoms with Gasteiger partial charge in [0, 0.05) is 11.5 Å². The van der Waals surface area contributed by atoms with Crippen molar-refractivity contribution in [3.63, 3.8) is 0 Å². The molecule has 26 heavy (non-hydrogen) atoms. The van der Waals surface area contributed by atoms with Crippen LogP contribution in [0.3, 0.4) is 0 Å². The quantitative estimate of drug-likeness (QED) is 0.286. The summed E-state index contributed by atoms with van der Waals surface area (Å²) < 4.78 is 1.11. The molecule has 0 unspecified atom stereocenters. The summed E-state index contributed by atoms with van der Waals surface area (Å²) in [6.07, 6.45) is 3.68. The largest absolute Gasteiger partial charge is 0.288 e. The summed E-state index contributed by atoms with van der Waals surface area (Å²) in [5.74, 6) is 0. The second-order valence-corrected chi connectivity index (χ2v) is 6.96. The summed E-state index contributed by atoms with van der Waals surface area (Å²) in [6, 6.07) is 17.0. The van der Waals surface area contributed by atoms with Crippen molar-refractivity contribution in [3.8, 4) is 0 Å². The summed E-state index contributed by atoms with van der Waals surface area (Å²) in [5.41, 5.74) is 1.59. The van der Waals surface area contributed by atoms with Crippen molar-refractivity contribution in [2.75, 3.05) is 0 Å². The SMILES string of the molecule is Cl.O=[N+]([O-])c1cc(/C=C/c2nc3c(ccc4ccccc43)s2)ccc1Cl. The van der Waals surface area contributed by atoms with Crippen LogP contribution in [-0.2, 0) is 0 Å². The van der Waals surface area contributed by atoms with E-state index in [0.717, 1.165) is 26.0 Å². The van der Waals surface area contributed by atoms with Crippen molar-refractivity contribution < 1.29 is 4.92 Å². The van der Waals surface area contributed by atoms with E-state index in [4.69, 9.17) is 16.6 Å². The molecule has 0 aliphatic rings. The minimum Gasteiger partial charge on any atom is -0.258 e. The van der Waals surface area contributed by atoms with E-state index in [0.29, 0.717) is 5.56 Å². The molecule has 0 radical (unpaired) electrons. The van der Waals surface area contributed by atoms with Gasteiger partial charge in [-0.15, -0.1) is 23.7 Å². The number of nitro benzene ring substituents is 1. The first kappa shape index (κ1) is 18.3. The van der Waals surface area contributed by atoms with E-state index >= 15 is 0 Å². The van der Waals surface area contributed by atoms with Crippen LogP contribution in [0.25, 0.3) is 33.1 Å². The predicted molar refractivity (Wildman–Crippen MR) is 111 cm³/mol. The number of benzene rings is 3. The summed E-state index contributed by atoms with van der Waals surface area (Å²) in [6.45, 7) is 0. The Labute approximate surface area is 164 Å². The van der Waals surface area contributed by atoms with Crippen LogP contribution in [0, 0.1) is 10.1 Å². The van der Waals surface area contributed by atoms with Crippen molar-refractivity contribution in [1.29, 1.82) is 0 Å². The number of nitrogens with zero attached hydrogens (tertiary/aromatic N) is 2. The molecular weight excluding hydrogens is 391 g/mol. The molecular formula is C19H12Cl2N2O2S. The Kier molecular flexibility index (Phi) is 5.23. The minimum absolute atomic E-state index is 0. The molecule has 0 fully saturated rings. The van der Waals surface area contributed by atoms with Crippen LogP contribution >= 0.6 is 35.3 Å². The highest BCUT2D eigenvalue weighted by Gasteiger charge is 2.12. The first-order valence-electron chi connectivity index (χ1n) is 7.52. The minimum atomic E-state index is -0.483. The summed E-state index contributed by atoms with van der Waals surface area (Å²) in [5, 5.41) is 14.2. The Morgan fingerprint density at radius 2 is 1.88 bits per heavy atom. The molecule has 0 aliphatic heterocycles. The topological polar surface area (TPSA) is 56.0 Å². The highest BCUT2D eigenvalue weighted by Crippen LogP contribution is 2.30. The lowest BCUT2D eigenvalue weighted by atomic mass is 10.1. The zero-order valence-corrected chi connectivity index (χ0v) is 15.6. The zero-order valence-electron chi connectivity index (χ0n) is 13.3. The monoisotopic (exact) mass is 402 g/mol. The van der Waals surface area contributed by atoms with Gasteiger partial charge in [-0.3, -0.25) is 10.1 Å². The maximum Gasteiger partial charge on any atom is 0.288 e. The van der Waals surface area contributed by atoms with Gasteiger partial charge in [-0.1, -0.05) is 54.1 Å². The van der Waals surface area contributed by atoms with Gasteiger partial charge < -0.3 is 0 Å². The Morgan fingerprint density at radius 3 is 2.69 bits per heavy atom. The molecule has 0 atom stereocenters. The third kappa shape index (κ3) is 3.42. The maximum absolute atomic E-state index is 11.0. The number of halogens is 2. The normalized spacial score (nSPS) is 11.1. The molecule has 0 N–H and O–H groups in total. The smallest absolute Gasteiger partial charge is 0.258 e. The maximum atomic E-state index is 11.0. The van der Waals surface area contributed by atoms with Crippen LogP contribution in [0.4, 0.5) is 5.69 Å². The Balaban J connectivity index is 0.00000196. The third-order valence-electron chi connectivity index (χ3n) is 3.89. The van der Waals surface area contributed by atoms with E-state index < -0.39 is 4.92 Å². The van der Waals surface area contributed by atoms with Gasteiger partial charge in [0.25, 0.3) is 5.69 Å². The van der Waals surface area contributed by atoms with E-state index in [2.05, 4.69) is 24.3 Å². The molecule has 0 saturated heterocycles. The Morgan fingerprint density at radius 1 is 1.08 bits per heavy atom. The van der Waals surface area contributed by atoms with Crippen LogP contribution in [0.1, 0.15) is 10.6 Å². The van der Waals surface area contributed by atoms with Crippen molar-refractivity contribution in [1.82, 2.24) is 4.98 Å². The van der Waals surface area contributed by atoms with Gasteiger partial charge >= 0.3 is 0 Å². The predicted octanol–water partition coefficient (Wildman–Crippen LogP) is 6.60. The van der Waals surface area contributed by atoms with E-state index in [9.17, 15) is 10.1 Å². The second-order valence-electron chi connectivity index (χ2n) is 5.49. The molecule has 0 bridgehead atoms. The van der Waals surface area contributed by atoms with Gasteiger partial charge in [-0.2, -0.15) is 0 Å². The number of fused-ring (bicyclic) bond motifs is 3. The number of rotatable bonds is 3. The molecule has 0 saturated carbocycles. The number of nitro groups is 1. The van der Waals surface area contributed by atoms with Crippen molar-refractivity contribution in [2.24, 2.45) is 0 Å². The van der Waals surface area contributed by atoms with Crippen molar-refractivity contribution >= 4 is 74.2 Å². The van der Waals surface area contributed by atoms with Gasteiger partial charge in [0.05, 0.1) is 15.1 Å². The average molecular weight is 403 g/mol. The fraction of sp³-hybridized carbons (Fsp3) is 0. The molecule has 7 heteroatoms. The van der Waals surface area contributed by atoms with E-state index in [1.807, 2.05) is 24.3 Å². The zero-order chi connectivity index (χ0) is 17.4.